The van der Waals surface area contributed by atoms with Crippen LogP contribution in [-0.4, -0.2) is 57.8 Å². The van der Waals surface area contributed by atoms with Gasteiger partial charge >= 0.3 is 5.97 Å². The van der Waals surface area contributed by atoms with E-state index in [0.29, 0.717) is 24.8 Å². The van der Waals surface area contributed by atoms with E-state index < -0.39 is 12.0 Å². The average Bonchev–Trinajstić information content (AvgIpc) is 3.09. The number of carboxylic acids is 1. The Hall–Kier alpha value is -2.13. The highest BCUT2D eigenvalue weighted by molar-refractivity contribution is 5.74. The summed E-state index contributed by atoms with van der Waals surface area (Å²) >= 11 is 0. The molecule has 1 aromatic rings. The Kier molecular flexibility index (Phi) is 5.40. The highest BCUT2D eigenvalue weighted by Crippen LogP contribution is 2.57. The van der Waals surface area contributed by atoms with Gasteiger partial charge in [0.2, 0.25) is 11.8 Å². The molecule has 4 saturated carbocycles. The lowest BCUT2D eigenvalue weighted by atomic mass is 9.51. The Labute approximate surface area is 201 Å². The second-order valence-electron chi connectivity index (χ2n) is 12.0. The van der Waals surface area contributed by atoms with Crippen LogP contribution >= 0.6 is 0 Å². The summed E-state index contributed by atoms with van der Waals surface area (Å²) in [6.45, 7) is 4.43. The van der Waals surface area contributed by atoms with Gasteiger partial charge in [-0.1, -0.05) is 0 Å². The van der Waals surface area contributed by atoms with E-state index in [-0.39, 0.29) is 17.5 Å². The fraction of sp³-hybridized carbons (Fsp3) is 0.800. The number of carboxylic acid groups (broad SMARTS) is 1. The van der Waals surface area contributed by atoms with Crippen molar-refractivity contribution in [1.29, 1.82) is 0 Å². The monoisotopic (exact) mass is 470 g/mol. The lowest BCUT2D eigenvalue weighted by Crippen LogP contribution is -2.50. The number of aliphatic carboxylic acids is 1. The summed E-state index contributed by atoms with van der Waals surface area (Å²) in [5.74, 6) is 10.9. The lowest BCUT2D eigenvalue weighted by Gasteiger charge is -2.55. The SMILES string of the molecule is CC(Oc1cc(N2CCC3(CC2)C[C@@H](C(=O)O)N(N)C3)nc(N)n1)C1C2CC3CC(C2)CC1C3. The number of aromatic nitrogens is 2. The van der Waals surface area contributed by atoms with Crippen molar-refractivity contribution < 1.29 is 14.6 Å². The number of piperidine rings is 1. The zero-order valence-electron chi connectivity index (χ0n) is 20.1. The minimum atomic E-state index is -0.833. The molecule has 186 valence electrons. The zero-order valence-corrected chi connectivity index (χ0v) is 20.1. The van der Waals surface area contributed by atoms with Crippen molar-refractivity contribution in [3.05, 3.63) is 6.07 Å². The summed E-state index contributed by atoms with van der Waals surface area (Å²) in [5.41, 5.74) is 6.06. The van der Waals surface area contributed by atoms with Crippen molar-refractivity contribution in [2.75, 3.05) is 30.3 Å². The van der Waals surface area contributed by atoms with E-state index >= 15 is 0 Å². The fourth-order valence-electron chi connectivity index (χ4n) is 8.55. The molecule has 9 heteroatoms. The number of nitrogens with two attached hydrogens (primary N) is 2. The summed E-state index contributed by atoms with van der Waals surface area (Å²) in [4.78, 5) is 22.7. The smallest absolute Gasteiger partial charge is 0.322 e. The molecule has 6 aliphatic rings. The number of hydrazine groups is 1. The number of rotatable bonds is 5. The van der Waals surface area contributed by atoms with Crippen LogP contribution in [0.15, 0.2) is 6.07 Å². The topological polar surface area (TPSA) is 131 Å². The molecule has 5 N–H and O–H groups in total. The lowest BCUT2D eigenvalue weighted by molar-refractivity contribution is -0.142. The number of nitrogen functional groups attached to an aromatic ring is 1. The van der Waals surface area contributed by atoms with E-state index in [2.05, 4.69) is 21.8 Å². The number of hydrogen-bond donors (Lipinski definition) is 3. The molecule has 1 aromatic heterocycles. The maximum Gasteiger partial charge on any atom is 0.322 e. The maximum atomic E-state index is 11.5. The van der Waals surface area contributed by atoms with Gasteiger partial charge < -0.3 is 20.5 Å². The Morgan fingerprint density at radius 3 is 2.38 bits per heavy atom. The van der Waals surface area contributed by atoms with Crippen LogP contribution in [0.1, 0.15) is 58.3 Å². The largest absolute Gasteiger partial charge is 0.480 e. The van der Waals surface area contributed by atoms with Crippen LogP contribution < -0.4 is 21.2 Å². The molecular formula is C25H38N6O3. The van der Waals surface area contributed by atoms with Gasteiger partial charge in [0.25, 0.3) is 0 Å². The van der Waals surface area contributed by atoms with Crippen molar-refractivity contribution in [1.82, 2.24) is 15.0 Å². The third-order valence-corrected chi connectivity index (χ3v) is 9.83. The standard InChI is InChI=1S/C25H38N6O3/c1-14(22-17-7-15-6-16(9-17)10-18(22)8-15)34-21-11-20(28-24(26)29-21)30-4-2-25(3-5-30)12-19(23(32)33)31(27)13-25/h11,14-19,22H,2-10,12-13,27H2,1H3,(H,32,33)(H2,26,28,29)/t14?,15?,16?,17?,18?,19-,22?/m0/s1. The van der Waals surface area contributed by atoms with Crippen molar-refractivity contribution >= 4 is 17.7 Å². The number of anilines is 2. The highest BCUT2D eigenvalue weighted by atomic mass is 16.5. The van der Waals surface area contributed by atoms with Crippen LogP contribution in [0.2, 0.25) is 0 Å². The Bertz CT molecular complexity index is 921. The highest BCUT2D eigenvalue weighted by Gasteiger charge is 2.50. The molecule has 34 heavy (non-hydrogen) atoms. The van der Waals surface area contributed by atoms with Crippen molar-refractivity contribution in [3.8, 4) is 5.88 Å². The molecule has 7 rings (SSSR count). The summed E-state index contributed by atoms with van der Waals surface area (Å²) < 4.78 is 6.45. The zero-order chi connectivity index (χ0) is 23.6. The van der Waals surface area contributed by atoms with E-state index in [9.17, 15) is 9.90 Å². The third kappa shape index (κ3) is 3.90. The van der Waals surface area contributed by atoms with Crippen LogP contribution in [0.25, 0.3) is 0 Å². The van der Waals surface area contributed by atoms with Crippen LogP contribution in [0, 0.1) is 35.0 Å². The van der Waals surface area contributed by atoms with Crippen molar-refractivity contribution in [2.24, 2.45) is 40.8 Å². The molecule has 3 heterocycles. The molecule has 9 nitrogen and oxygen atoms in total. The quantitative estimate of drug-likeness (QED) is 0.556. The summed E-state index contributed by atoms with van der Waals surface area (Å²) in [6.07, 6.45) is 9.46. The molecule has 1 spiro atoms. The Morgan fingerprint density at radius 1 is 1.15 bits per heavy atom. The molecule has 4 aliphatic carbocycles. The number of hydrogen-bond acceptors (Lipinski definition) is 8. The van der Waals surface area contributed by atoms with E-state index in [4.69, 9.17) is 16.3 Å². The average molecular weight is 471 g/mol. The molecule has 6 fully saturated rings. The van der Waals surface area contributed by atoms with Crippen LogP contribution in [-0.2, 0) is 4.79 Å². The third-order valence-electron chi connectivity index (χ3n) is 9.83. The second-order valence-corrected chi connectivity index (χ2v) is 12.0. The van der Waals surface area contributed by atoms with Gasteiger partial charge in [-0.25, -0.2) is 5.01 Å². The molecular weight excluding hydrogens is 432 g/mol. The van der Waals surface area contributed by atoms with Gasteiger partial charge in [0.15, 0.2) is 0 Å². The summed E-state index contributed by atoms with van der Waals surface area (Å²) in [5, 5.41) is 10.9. The van der Waals surface area contributed by atoms with E-state index in [1.807, 2.05) is 6.07 Å². The van der Waals surface area contributed by atoms with Gasteiger partial charge in [-0.2, -0.15) is 9.97 Å². The first-order chi connectivity index (χ1) is 16.3. The minimum absolute atomic E-state index is 0.0415. The maximum absolute atomic E-state index is 11.5. The molecule has 0 amide bonds. The minimum Gasteiger partial charge on any atom is -0.480 e. The first-order valence-electron chi connectivity index (χ1n) is 13.1. The summed E-state index contributed by atoms with van der Waals surface area (Å²) in [6, 6.07) is 1.35. The number of carbonyl (C=O) groups is 1. The second kappa shape index (κ2) is 8.22. The Morgan fingerprint density at radius 2 is 1.79 bits per heavy atom. The fourth-order valence-corrected chi connectivity index (χ4v) is 8.55. The van der Waals surface area contributed by atoms with Gasteiger partial charge in [-0.15, -0.1) is 0 Å². The summed E-state index contributed by atoms with van der Waals surface area (Å²) in [7, 11) is 0. The van der Waals surface area contributed by atoms with Crippen LogP contribution in [0.5, 0.6) is 5.88 Å². The number of nitrogens with zero attached hydrogens (tertiary/aromatic N) is 4. The number of ether oxygens (including phenoxy) is 1. The van der Waals surface area contributed by atoms with Crippen molar-refractivity contribution in [2.45, 2.75) is 70.4 Å². The predicted octanol–water partition coefficient (Wildman–Crippen LogP) is 2.52. The first-order valence-corrected chi connectivity index (χ1v) is 13.1. The van der Waals surface area contributed by atoms with Gasteiger partial charge in [-0.3, -0.25) is 10.6 Å². The molecule has 1 unspecified atom stereocenters. The molecule has 4 bridgehead atoms. The van der Waals surface area contributed by atoms with Gasteiger partial charge in [0, 0.05) is 31.6 Å². The molecule has 0 aromatic carbocycles. The first kappa shape index (κ1) is 22.3. The molecule has 2 aliphatic heterocycles. The van der Waals surface area contributed by atoms with Crippen LogP contribution in [0.4, 0.5) is 11.8 Å². The van der Waals surface area contributed by atoms with Gasteiger partial charge in [-0.05, 0) is 87.4 Å². The van der Waals surface area contributed by atoms with E-state index in [0.717, 1.165) is 55.4 Å². The van der Waals surface area contributed by atoms with Gasteiger partial charge in [0.1, 0.15) is 18.0 Å². The Balaban J connectivity index is 1.12. The molecule has 0 radical (unpaired) electrons. The molecule has 2 atom stereocenters. The van der Waals surface area contributed by atoms with Crippen molar-refractivity contribution in [3.63, 3.8) is 0 Å². The normalized spacial score (nSPS) is 37.3. The van der Waals surface area contributed by atoms with Gasteiger partial charge in [0.05, 0.1) is 0 Å². The van der Waals surface area contributed by atoms with Crippen LogP contribution in [0.3, 0.4) is 0 Å². The predicted molar refractivity (Wildman–Crippen MR) is 128 cm³/mol. The van der Waals surface area contributed by atoms with E-state index in [1.165, 1.54) is 37.1 Å². The van der Waals surface area contributed by atoms with E-state index in [1.54, 1.807) is 0 Å². The molecule has 2 saturated heterocycles.